The number of hydrogen-bond donors (Lipinski definition) is 1. The monoisotopic (exact) mass is 242 g/mol. The molecule has 0 spiro atoms. The minimum atomic E-state index is -0.192. The Hall–Kier alpha value is -0.450. The quantitative estimate of drug-likeness (QED) is 0.881. The van der Waals surface area contributed by atoms with Crippen LogP contribution < -0.4 is 5.32 Å². The Labute approximate surface area is 102 Å². The zero-order valence-electron chi connectivity index (χ0n) is 11.0. The van der Waals surface area contributed by atoms with Gasteiger partial charge in [0.05, 0.1) is 17.8 Å². The summed E-state index contributed by atoms with van der Waals surface area (Å²) < 4.78 is 5.25. The Morgan fingerprint density at radius 3 is 2.38 bits per heavy atom. The van der Waals surface area contributed by atoms with Gasteiger partial charge < -0.3 is 10.1 Å². The third-order valence-corrected chi connectivity index (χ3v) is 3.84. The molecular weight excluding hydrogens is 220 g/mol. The van der Waals surface area contributed by atoms with Crippen LogP contribution in [0.15, 0.2) is 5.38 Å². The average molecular weight is 242 g/mol. The van der Waals surface area contributed by atoms with Gasteiger partial charge in [0.15, 0.2) is 0 Å². The normalized spacial score (nSPS) is 16.1. The van der Waals surface area contributed by atoms with Crippen molar-refractivity contribution < 1.29 is 4.74 Å². The van der Waals surface area contributed by atoms with E-state index in [1.54, 1.807) is 18.4 Å². The van der Waals surface area contributed by atoms with Crippen LogP contribution in [-0.4, -0.2) is 25.7 Å². The minimum Gasteiger partial charge on any atom is -0.382 e. The molecule has 1 N–H and O–H groups in total. The van der Waals surface area contributed by atoms with Crippen molar-refractivity contribution in [1.29, 1.82) is 0 Å². The number of hydrogen-bond acceptors (Lipinski definition) is 4. The van der Waals surface area contributed by atoms with Crippen molar-refractivity contribution in [3.8, 4) is 0 Å². The Balaban J connectivity index is 3.00. The highest BCUT2D eigenvalue weighted by molar-refractivity contribution is 7.09. The summed E-state index contributed by atoms with van der Waals surface area (Å²) in [5, 5.41) is 6.51. The first-order valence-corrected chi connectivity index (χ1v) is 6.36. The van der Waals surface area contributed by atoms with Crippen molar-refractivity contribution in [3.05, 3.63) is 16.1 Å². The summed E-state index contributed by atoms with van der Waals surface area (Å²) in [5.74, 6) is 0. The molecule has 0 aliphatic carbocycles. The van der Waals surface area contributed by atoms with Gasteiger partial charge >= 0.3 is 0 Å². The number of thiazole rings is 1. The maximum atomic E-state index is 5.25. The second kappa shape index (κ2) is 4.82. The van der Waals surface area contributed by atoms with Gasteiger partial charge in [0.2, 0.25) is 0 Å². The molecular formula is C12H22N2OS. The van der Waals surface area contributed by atoms with Crippen LogP contribution >= 0.6 is 11.3 Å². The molecule has 1 aromatic rings. The Bertz CT molecular complexity index is 343. The fraction of sp³-hybridized carbons (Fsp3) is 0.750. The molecule has 1 atom stereocenters. The largest absolute Gasteiger partial charge is 0.382 e. The number of nitrogens with one attached hydrogen (secondary N) is 1. The van der Waals surface area contributed by atoms with Gasteiger partial charge in [0.1, 0.15) is 5.01 Å². The standard InChI is InChI=1S/C12H22N2OS/c1-11(2,3)9-7-16-10(14-9)12(4,13-5)8-15-6/h7,13H,8H2,1-6H3. The molecule has 16 heavy (non-hydrogen) atoms. The molecule has 0 aliphatic rings. The van der Waals surface area contributed by atoms with Crippen LogP contribution in [0.3, 0.4) is 0 Å². The molecule has 92 valence electrons. The van der Waals surface area contributed by atoms with E-state index in [9.17, 15) is 0 Å². The van der Waals surface area contributed by atoms with Gasteiger partial charge in [-0.25, -0.2) is 4.98 Å². The van der Waals surface area contributed by atoms with E-state index < -0.39 is 0 Å². The molecule has 3 nitrogen and oxygen atoms in total. The van der Waals surface area contributed by atoms with E-state index in [2.05, 4.69) is 38.4 Å². The van der Waals surface area contributed by atoms with Crippen LogP contribution in [-0.2, 0) is 15.7 Å². The molecule has 1 rings (SSSR count). The maximum absolute atomic E-state index is 5.25. The summed E-state index contributed by atoms with van der Waals surface area (Å²) in [4.78, 5) is 4.72. The van der Waals surface area contributed by atoms with Gasteiger partial charge in [-0.05, 0) is 14.0 Å². The van der Waals surface area contributed by atoms with Crippen molar-refractivity contribution in [2.75, 3.05) is 20.8 Å². The van der Waals surface area contributed by atoms with Crippen molar-refractivity contribution >= 4 is 11.3 Å². The number of aromatic nitrogens is 1. The van der Waals surface area contributed by atoms with Crippen molar-refractivity contribution in [1.82, 2.24) is 10.3 Å². The lowest BCUT2D eigenvalue weighted by molar-refractivity contribution is 0.123. The summed E-state index contributed by atoms with van der Waals surface area (Å²) in [5.41, 5.74) is 1.06. The molecule has 0 aromatic carbocycles. The van der Waals surface area contributed by atoms with E-state index in [4.69, 9.17) is 9.72 Å². The highest BCUT2D eigenvalue weighted by Gasteiger charge is 2.29. The first kappa shape index (κ1) is 13.6. The molecule has 0 aliphatic heterocycles. The summed E-state index contributed by atoms with van der Waals surface area (Å²) in [6.45, 7) is 9.28. The Kier molecular flexibility index (Phi) is 4.10. The summed E-state index contributed by atoms with van der Waals surface area (Å²) >= 11 is 1.69. The minimum absolute atomic E-state index is 0.108. The molecule has 1 aromatic heterocycles. The van der Waals surface area contributed by atoms with Crippen molar-refractivity contribution in [3.63, 3.8) is 0 Å². The van der Waals surface area contributed by atoms with E-state index in [0.29, 0.717) is 6.61 Å². The summed E-state index contributed by atoms with van der Waals surface area (Å²) in [6, 6.07) is 0. The molecule has 0 bridgehead atoms. The third kappa shape index (κ3) is 2.81. The lowest BCUT2D eigenvalue weighted by Gasteiger charge is -2.26. The van der Waals surface area contributed by atoms with Gasteiger partial charge in [-0.1, -0.05) is 20.8 Å². The van der Waals surface area contributed by atoms with E-state index in [0.717, 1.165) is 10.7 Å². The van der Waals surface area contributed by atoms with E-state index in [1.807, 2.05) is 7.05 Å². The van der Waals surface area contributed by atoms with Crippen LogP contribution in [0.25, 0.3) is 0 Å². The maximum Gasteiger partial charge on any atom is 0.115 e. The summed E-state index contributed by atoms with van der Waals surface area (Å²) in [7, 11) is 3.66. The summed E-state index contributed by atoms with van der Waals surface area (Å²) in [6.07, 6.45) is 0. The highest BCUT2D eigenvalue weighted by atomic mass is 32.1. The molecule has 1 heterocycles. The van der Waals surface area contributed by atoms with Crippen LogP contribution in [0.5, 0.6) is 0 Å². The van der Waals surface area contributed by atoms with Gasteiger partial charge in [0, 0.05) is 17.9 Å². The van der Waals surface area contributed by atoms with E-state index in [1.165, 1.54) is 0 Å². The lowest BCUT2D eigenvalue weighted by Crippen LogP contribution is -2.41. The predicted molar refractivity (Wildman–Crippen MR) is 69.1 cm³/mol. The number of likely N-dealkylation sites (N-methyl/N-ethyl adjacent to an activating group) is 1. The van der Waals surface area contributed by atoms with Crippen molar-refractivity contribution in [2.24, 2.45) is 0 Å². The highest BCUT2D eigenvalue weighted by Crippen LogP contribution is 2.29. The first-order valence-electron chi connectivity index (χ1n) is 5.48. The fourth-order valence-electron chi connectivity index (χ4n) is 1.40. The second-order valence-corrected chi connectivity index (χ2v) is 6.16. The Morgan fingerprint density at radius 1 is 1.38 bits per heavy atom. The first-order chi connectivity index (χ1) is 7.33. The SMILES string of the molecule is CNC(C)(COC)c1nc(C(C)(C)C)cs1. The second-order valence-electron chi connectivity index (χ2n) is 5.30. The number of methoxy groups -OCH3 is 1. The molecule has 4 heteroatoms. The van der Waals surface area contributed by atoms with Crippen LogP contribution in [0.1, 0.15) is 38.4 Å². The van der Waals surface area contributed by atoms with Crippen LogP contribution in [0.4, 0.5) is 0 Å². The Morgan fingerprint density at radius 2 is 2.00 bits per heavy atom. The van der Waals surface area contributed by atoms with E-state index >= 15 is 0 Å². The zero-order valence-corrected chi connectivity index (χ0v) is 11.9. The fourth-order valence-corrected chi connectivity index (χ4v) is 2.60. The molecule has 1 unspecified atom stereocenters. The van der Waals surface area contributed by atoms with E-state index in [-0.39, 0.29) is 11.0 Å². The average Bonchev–Trinajstić information content (AvgIpc) is 2.66. The molecule has 0 fully saturated rings. The van der Waals surface area contributed by atoms with Gasteiger partial charge in [-0.15, -0.1) is 11.3 Å². The number of ether oxygens (including phenoxy) is 1. The lowest BCUT2D eigenvalue weighted by atomic mass is 9.93. The predicted octanol–water partition coefficient (Wildman–Crippen LogP) is 2.52. The molecule has 0 amide bonds. The molecule has 0 radical (unpaired) electrons. The van der Waals surface area contributed by atoms with Gasteiger partial charge in [-0.2, -0.15) is 0 Å². The number of nitrogens with zero attached hydrogens (tertiary/aromatic N) is 1. The molecule has 0 saturated heterocycles. The topological polar surface area (TPSA) is 34.1 Å². The third-order valence-electron chi connectivity index (χ3n) is 2.73. The van der Waals surface area contributed by atoms with Gasteiger partial charge in [0.25, 0.3) is 0 Å². The smallest absolute Gasteiger partial charge is 0.115 e. The van der Waals surface area contributed by atoms with Gasteiger partial charge in [-0.3, -0.25) is 0 Å². The van der Waals surface area contributed by atoms with Crippen LogP contribution in [0, 0.1) is 0 Å². The van der Waals surface area contributed by atoms with Crippen molar-refractivity contribution in [2.45, 2.75) is 38.6 Å². The molecule has 0 saturated carbocycles. The number of rotatable bonds is 4. The zero-order chi connectivity index (χ0) is 12.4. The van der Waals surface area contributed by atoms with Crippen LogP contribution in [0.2, 0.25) is 0 Å².